The smallest absolute Gasteiger partial charge is 0.283 e. The van der Waals surface area contributed by atoms with Gasteiger partial charge in [0.05, 0.1) is 6.61 Å². The average Bonchev–Trinajstić information content (AvgIpc) is 3.34. The standard InChI is InChI=1S/C23H20N2O3/c24-22-25-23(14-28-22,19-7-8-21-17(12-19)9-10-27-21)18-5-1-3-15(11-18)16-4-2-6-20(26)13-16/h1-8,11-13,26H,9-10,14H2,(H2,24,25). The molecule has 3 aromatic carbocycles. The van der Waals surface area contributed by atoms with Gasteiger partial charge in [0.25, 0.3) is 6.02 Å². The highest BCUT2D eigenvalue weighted by Gasteiger charge is 2.40. The molecular weight excluding hydrogens is 352 g/mol. The number of ether oxygens (including phenoxy) is 2. The third-order valence-corrected chi connectivity index (χ3v) is 5.42. The van der Waals surface area contributed by atoms with Crippen LogP contribution in [0.15, 0.2) is 71.7 Å². The predicted octanol–water partition coefficient (Wildman–Crippen LogP) is 3.58. The van der Waals surface area contributed by atoms with Crippen molar-refractivity contribution in [2.75, 3.05) is 13.2 Å². The lowest BCUT2D eigenvalue weighted by Gasteiger charge is -2.26. The molecule has 0 saturated heterocycles. The van der Waals surface area contributed by atoms with Gasteiger partial charge < -0.3 is 20.3 Å². The van der Waals surface area contributed by atoms with Gasteiger partial charge in [-0.2, -0.15) is 0 Å². The lowest BCUT2D eigenvalue weighted by atomic mass is 9.82. The fraction of sp³-hybridized carbons (Fsp3) is 0.174. The van der Waals surface area contributed by atoms with E-state index in [9.17, 15) is 5.11 Å². The molecule has 2 aliphatic rings. The average molecular weight is 372 g/mol. The number of phenolic OH excluding ortho intramolecular Hbond substituents is 1. The number of nitrogens with zero attached hydrogens (tertiary/aromatic N) is 1. The fourth-order valence-corrected chi connectivity index (χ4v) is 3.98. The SMILES string of the molecule is NC1=NC(c2cccc(-c3cccc(O)c3)c2)(c2ccc3c(c2)CCO3)CO1. The molecule has 28 heavy (non-hydrogen) atoms. The van der Waals surface area contributed by atoms with Crippen LogP contribution in [0.5, 0.6) is 11.5 Å². The van der Waals surface area contributed by atoms with E-state index in [0.29, 0.717) is 13.2 Å². The summed E-state index contributed by atoms with van der Waals surface area (Å²) in [6.07, 6.45) is 0.892. The van der Waals surface area contributed by atoms with E-state index in [1.54, 1.807) is 12.1 Å². The van der Waals surface area contributed by atoms with Gasteiger partial charge in [-0.1, -0.05) is 36.4 Å². The van der Waals surface area contributed by atoms with E-state index < -0.39 is 5.54 Å². The molecule has 5 rings (SSSR count). The molecule has 3 aromatic rings. The van der Waals surface area contributed by atoms with Crippen molar-refractivity contribution in [3.63, 3.8) is 0 Å². The Morgan fingerprint density at radius 1 is 0.893 bits per heavy atom. The van der Waals surface area contributed by atoms with E-state index >= 15 is 0 Å². The minimum Gasteiger partial charge on any atom is -0.508 e. The maximum absolute atomic E-state index is 9.84. The third-order valence-electron chi connectivity index (χ3n) is 5.42. The summed E-state index contributed by atoms with van der Waals surface area (Å²) in [5, 5.41) is 9.84. The topological polar surface area (TPSA) is 77.1 Å². The molecule has 3 N–H and O–H groups in total. The number of aromatic hydroxyl groups is 1. The van der Waals surface area contributed by atoms with Crippen molar-refractivity contribution < 1.29 is 14.6 Å². The molecule has 0 aliphatic carbocycles. The first-order valence-corrected chi connectivity index (χ1v) is 9.28. The van der Waals surface area contributed by atoms with Crippen molar-refractivity contribution in [1.29, 1.82) is 0 Å². The molecular formula is C23H20N2O3. The van der Waals surface area contributed by atoms with Crippen LogP contribution in [0.4, 0.5) is 0 Å². The third kappa shape index (κ3) is 2.67. The zero-order valence-corrected chi connectivity index (χ0v) is 15.3. The molecule has 2 aliphatic heterocycles. The van der Waals surface area contributed by atoms with Gasteiger partial charge in [-0.25, -0.2) is 4.99 Å². The maximum atomic E-state index is 9.84. The van der Waals surface area contributed by atoms with Crippen LogP contribution < -0.4 is 10.5 Å². The number of hydrogen-bond donors (Lipinski definition) is 2. The lowest BCUT2D eigenvalue weighted by molar-refractivity contribution is 0.278. The van der Waals surface area contributed by atoms with Crippen molar-refractivity contribution in [3.8, 4) is 22.6 Å². The second kappa shape index (κ2) is 6.30. The summed E-state index contributed by atoms with van der Waals surface area (Å²) >= 11 is 0. The van der Waals surface area contributed by atoms with Gasteiger partial charge in [-0.15, -0.1) is 0 Å². The summed E-state index contributed by atoms with van der Waals surface area (Å²) in [5.74, 6) is 1.17. The van der Waals surface area contributed by atoms with Crippen LogP contribution in [-0.4, -0.2) is 24.3 Å². The Morgan fingerprint density at radius 2 is 1.68 bits per heavy atom. The molecule has 0 saturated carbocycles. The minimum atomic E-state index is -0.700. The zero-order valence-electron chi connectivity index (χ0n) is 15.3. The van der Waals surface area contributed by atoms with Crippen molar-refractivity contribution >= 4 is 6.02 Å². The van der Waals surface area contributed by atoms with Crippen molar-refractivity contribution in [2.45, 2.75) is 12.0 Å². The summed E-state index contributed by atoms with van der Waals surface area (Å²) in [6, 6.07) is 21.8. The summed E-state index contributed by atoms with van der Waals surface area (Å²) in [7, 11) is 0. The largest absolute Gasteiger partial charge is 0.508 e. The van der Waals surface area contributed by atoms with Crippen molar-refractivity contribution in [3.05, 3.63) is 83.4 Å². The molecule has 2 heterocycles. The maximum Gasteiger partial charge on any atom is 0.283 e. The van der Waals surface area contributed by atoms with Crippen molar-refractivity contribution in [2.24, 2.45) is 10.7 Å². The highest BCUT2D eigenvalue weighted by molar-refractivity contribution is 5.76. The molecule has 0 aromatic heterocycles. The van der Waals surface area contributed by atoms with E-state index in [2.05, 4.69) is 12.1 Å². The molecule has 1 unspecified atom stereocenters. The van der Waals surface area contributed by atoms with E-state index in [-0.39, 0.29) is 11.8 Å². The van der Waals surface area contributed by atoms with Crippen LogP contribution in [0, 0.1) is 0 Å². The van der Waals surface area contributed by atoms with Crippen LogP contribution in [0.2, 0.25) is 0 Å². The summed E-state index contributed by atoms with van der Waals surface area (Å²) < 4.78 is 11.3. The molecule has 5 heteroatoms. The second-order valence-corrected chi connectivity index (χ2v) is 7.15. The summed E-state index contributed by atoms with van der Waals surface area (Å²) in [5.41, 5.74) is 10.4. The van der Waals surface area contributed by atoms with E-state index in [0.717, 1.165) is 34.4 Å². The van der Waals surface area contributed by atoms with Crippen LogP contribution in [0.25, 0.3) is 11.1 Å². The number of phenols is 1. The molecule has 0 bridgehead atoms. The number of rotatable bonds is 3. The quantitative estimate of drug-likeness (QED) is 0.737. The minimum absolute atomic E-state index is 0.194. The number of benzene rings is 3. The van der Waals surface area contributed by atoms with Gasteiger partial charge >= 0.3 is 0 Å². The number of fused-ring (bicyclic) bond motifs is 1. The van der Waals surface area contributed by atoms with Gasteiger partial charge in [-0.05, 0) is 58.1 Å². The van der Waals surface area contributed by atoms with Crippen LogP contribution in [-0.2, 0) is 16.7 Å². The highest BCUT2D eigenvalue weighted by Crippen LogP contribution is 2.41. The van der Waals surface area contributed by atoms with Crippen LogP contribution in [0.1, 0.15) is 16.7 Å². The first-order chi connectivity index (χ1) is 13.6. The van der Waals surface area contributed by atoms with Crippen LogP contribution >= 0.6 is 0 Å². The Labute approximate surface area is 163 Å². The molecule has 0 spiro atoms. The number of nitrogens with two attached hydrogens (primary N) is 1. The van der Waals surface area contributed by atoms with E-state index in [4.69, 9.17) is 20.2 Å². The number of aliphatic imine (C=N–C) groups is 1. The van der Waals surface area contributed by atoms with Crippen LogP contribution in [0.3, 0.4) is 0 Å². The lowest BCUT2D eigenvalue weighted by Crippen LogP contribution is -2.27. The Kier molecular flexibility index (Phi) is 3.76. The Morgan fingerprint density at radius 3 is 2.46 bits per heavy atom. The van der Waals surface area contributed by atoms with Gasteiger partial charge in [0.1, 0.15) is 18.1 Å². The Balaban J connectivity index is 1.65. The predicted molar refractivity (Wildman–Crippen MR) is 108 cm³/mol. The molecule has 0 radical (unpaired) electrons. The normalized spacial score (nSPS) is 20.2. The molecule has 140 valence electrons. The first-order valence-electron chi connectivity index (χ1n) is 9.28. The van der Waals surface area contributed by atoms with Gasteiger partial charge in [0.2, 0.25) is 0 Å². The molecule has 1 atom stereocenters. The van der Waals surface area contributed by atoms with E-state index in [1.165, 1.54) is 5.56 Å². The van der Waals surface area contributed by atoms with Crippen molar-refractivity contribution in [1.82, 2.24) is 0 Å². The van der Waals surface area contributed by atoms with Gasteiger partial charge in [-0.3, -0.25) is 0 Å². The zero-order chi connectivity index (χ0) is 19.1. The Bertz CT molecular complexity index is 1090. The molecule has 5 nitrogen and oxygen atoms in total. The first kappa shape index (κ1) is 16.7. The number of hydrogen-bond acceptors (Lipinski definition) is 5. The summed E-state index contributed by atoms with van der Waals surface area (Å²) in [4.78, 5) is 4.72. The Hall–Kier alpha value is -3.47. The fourth-order valence-electron chi connectivity index (χ4n) is 3.98. The summed E-state index contributed by atoms with van der Waals surface area (Å²) in [6.45, 7) is 1.06. The monoisotopic (exact) mass is 372 g/mol. The number of amidine groups is 1. The van der Waals surface area contributed by atoms with Gasteiger partial charge in [0.15, 0.2) is 5.54 Å². The highest BCUT2D eigenvalue weighted by atomic mass is 16.5. The van der Waals surface area contributed by atoms with Gasteiger partial charge in [0, 0.05) is 6.42 Å². The van der Waals surface area contributed by atoms with E-state index in [1.807, 2.05) is 42.5 Å². The molecule has 0 amide bonds. The molecule has 0 fully saturated rings. The second-order valence-electron chi connectivity index (χ2n) is 7.15.